The zero-order valence-electron chi connectivity index (χ0n) is 25.0. The second-order valence-electron chi connectivity index (χ2n) is 13.1. The lowest BCUT2D eigenvalue weighted by atomic mass is 9.95. The predicted octanol–water partition coefficient (Wildman–Crippen LogP) is 7.33. The molecule has 1 saturated heterocycles. The van der Waals surface area contributed by atoms with Gasteiger partial charge in [-0.3, -0.25) is 0 Å². The molecule has 1 aliphatic rings. The van der Waals surface area contributed by atoms with Crippen molar-refractivity contribution in [3.8, 4) is 0 Å². The summed E-state index contributed by atoms with van der Waals surface area (Å²) in [5.41, 5.74) is 0.123. The number of rotatable bonds is 6. The number of hydrogen-bond donors (Lipinski definition) is 0. The molecule has 218 valence electrons. The molecule has 0 spiro atoms. The number of piperidine rings is 1. The van der Waals surface area contributed by atoms with Crippen LogP contribution >= 0.6 is 0 Å². The summed E-state index contributed by atoms with van der Waals surface area (Å²) in [5.74, 6) is -0.0783. The van der Waals surface area contributed by atoms with E-state index in [2.05, 4.69) is 38.8 Å². The fourth-order valence-electron chi connectivity index (χ4n) is 4.75. The molecule has 0 saturated carbocycles. The largest absolute Gasteiger partial charge is 0.464 e. The smallest absolute Gasteiger partial charge is 0.416 e. The Bertz CT molecular complexity index is 1190. The highest BCUT2D eigenvalue weighted by Crippen LogP contribution is 2.40. The Morgan fingerprint density at radius 3 is 2.15 bits per heavy atom. The van der Waals surface area contributed by atoms with Crippen LogP contribution in [0.15, 0.2) is 18.2 Å². The number of carbonyl (C=O) groups excluding carboxylic acids is 1. The van der Waals surface area contributed by atoms with Crippen LogP contribution in [0.2, 0.25) is 18.1 Å². The van der Waals surface area contributed by atoms with Gasteiger partial charge in [0.25, 0.3) is 0 Å². The van der Waals surface area contributed by atoms with Crippen molar-refractivity contribution < 1.29 is 27.1 Å². The molecule has 1 aromatic heterocycles. The van der Waals surface area contributed by atoms with Crippen LogP contribution in [0.5, 0.6) is 0 Å². The minimum atomic E-state index is -4.53. The zero-order valence-corrected chi connectivity index (χ0v) is 26.0. The quantitative estimate of drug-likeness (QED) is 0.270. The van der Waals surface area contributed by atoms with Gasteiger partial charge in [0.2, 0.25) is 0 Å². The van der Waals surface area contributed by atoms with Gasteiger partial charge in [-0.15, -0.1) is 0 Å². The number of methoxy groups -OCH3 is 1. The van der Waals surface area contributed by atoms with Gasteiger partial charge in [0.05, 0.1) is 12.7 Å². The first-order chi connectivity index (χ1) is 17.8. The molecule has 10 heteroatoms. The van der Waals surface area contributed by atoms with Crippen molar-refractivity contribution in [3.63, 3.8) is 0 Å². The number of anilines is 1. The highest BCUT2D eigenvalue weighted by Gasteiger charge is 2.40. The molecule has 1 fully saturated rings. The Hall–Kier alpha value is -2.33. The highest BCUT2D eigenvalue weighted by atomic mass is 28.4. The van der Waals surface area contributed by atoms with Crippen LogP contribution in [0.1, 0.15) is 87.5 Å². The molecule has 0 unspecified atom stereocenters. The molecule has 6 nitrogen and oxygen atoms in total. The number of carbonyl (C=O) groups is 1. The van der Waals surface area contributed by atoms with Gasteiger partial charge in [-0.2, -0.15) is 13.2 Å². The van der Waals surface area contributed by atoms with Gasteiger partial charge in [0.15, 0.2) is 14.0 Å². The lowest BCUT2D eigenvalue weighted by Gasteiger charge is -2.42. The van der Waals surface area contributed by atoms with Gasteiger partial charge in [-0.25, -0.2) is 9.78 Å². The average Bonchev–Trinajstić information content (AvgIpc) is 3.14. The summed E-state index contributed by atoms with van der Waals surface area (Å²) >= 11 is 0. The fraction of sp³-hybridized carbons (Fsp3) is 0.655. The lowest BCUT2D eigenvalue weighted by molar-refractivity contribution is -0.138. The van der Waals surface area contributed by atoms with Crippen molar-refractivity contribution in [2.45, 2.75) is 104 Å². The lowest BCUT2D eigenvalue weighted by Crippen LogP contribution is -2.47. The molecule has 2 aromatic rings. The monoisotopic (exact) mass is 567 g/mol. The number of benzene rings is 1. The van der Waals surface area contributed by atoms with Crippen LogP contribution in [0.3, 0.4) is 0 Å². The molecule has 39 heavy (non-hydrogen) atoms. The third-order valence-corrected chi connectivity index (χ3v) is 12.6. The first kappa shape index (κ1) is 31.2. The number of hydrogen-bond acceptors (Lipinski definition) is 5. The first-order valence-electron chi connectivity index (χ1n) is 13.5. The van der Waals surface area contributed by atoms with E-state index in [9.17, 15) is 18.0 Å². The first-order valence-corrected chi connectivity index (χ1v) is 16.5. The van der Waals surface area contributed by atoms with Gasteiger partial charge >= 0.3 is 12.1 Å². The molecule has 1 aliphatic heterocycles. The van der Waals surface area contributed by atoms with Crippen LogP contribution in [-0.2, 0) is 27.3 Å². The fourth-order valence-corrected chi connectivity index (χ4v) is 6.17. The minimum absolute atomic E-state index is 0.0556. The van der Waals surface area contributed by atoms with Gasteiger partial charge in [-0.1, -0.05) is 47.6 Å². The minimum Gasteiger partial charge on any atom is -0.464 e. The van der Waals surface area contributed by atoms with E-state index in [4.69, 9.17) is 9.16 Å². The number of ether oxygens (including phenoxy) is 1. The molecule has 0 radical (unpaired) electrons. The second kappa shape index (κ2) is 10.9. The second-order valence-corrected chi connectivity index (χ2v) is 17.9. The van der Waals surface area contributed by atoms with Crippen LogP contribution < -0.4 is 4.90 Å². The Morgan fingerprint density at radius 2 is 1.67 bits per heavy atom. The van der Waals surface area contributed by atoms with Gasteiger partial charge in [-0.05, 0) is 55.6 Å². The van der Waals surface area contributed by atoms with Gasteiger partial charge in [0.1, 0.15) is 5.82 Å². The van der Waals surface area contributed by atoms with E-state index in [-0.39, 0.29) is 28.9 Å². The number of alkyl halides is 3. The molecule has 0 atom stereocenters. The predicted molar refractivity (Wildman–Crippen MR) is 151 cm³/mol. The molecular weight excluding hydrogens is 523 g/mol. The molecule has 1 aromatic carbocycles. The van der Waals surface area contributed by atoms with E-state index in [0.717, 1.165) is 12.8 Å². The Kier molecular flexibility index (Phi) is 8.73. The molecule has 0 aliphatic carbocycles. The topological polar surface area (TPSA) is 56.6 Å². The maximum absolute atomic E-state index is 14.3. The Labute approximate surface area is 232 Å². The standard InChI is InChI=1S/C29H44F3N3O3Si/c1-19-24(25(36)37-8)33-26(27(2,3)4)35(19)18-20-11-12-21(17-23(20)29(30,31)32)34-15-13-22(14-16-34)38-39(9,10)28(5,6)7/h11-12,17,22H,13-16,18H2,1-10H3. The molecule has 3 rings (SSSR count). The zero-order chi connectivity index (χ0) is 29.6. The summed E-state index contributed by atoms with van der Waals surface area (Å²) in [6.45, 7) is 19.8. The Balaban J connectivity index is 1.89. The van der Waals surface area contributed by atoms with Crippen LogP contribution in [0, 0.1) is 6.92 Å². The number of esters is 1. The van der Waals surface area contributed by atoms with Gasteiger partial charge in [0, 0.05) is 42.5 Å². The van der Waals surface area contributed by atoms with E-state index in [1.54, 1.807) is 23.6 Å². The third kappa shape index (κ3) is 6.88. The Morgan fingerprint density at radius 1 is 1.08 bits per heavy atom. The van der Waals surface area contributed by atoms with Gasteiger partial charge < -0.3 is 18.6 Å². The summed E-state index contributed by atoms with van der Waals surface area (Å²) in [7, 11) is -0.642. The van der Waals surface area contributed by atoms with E-state index < -0.39 is 31.4 Å². The number of aromatic nitrogens is 2. The molecular formula is C29H44F3N3O3Si. The normalized spacial score (nSPS) is 16.1. The summed E-state index contributed by atoms with van der Waals surface area (Å²) < 4.78 is 56.1. The van der Waals surface area contributed by atoms with Crippen LogP contribution in [0.25, 0.3) is 0 Å². The van der Waals surface area contributed by atoms with Crippen molar-refractivity contribution >= 4 is 20.0 Å². The average molecular weight is 568 g/mol. The summed E-state index contributed by atoms with van der Waals surface area (Å²) in [5, 5.41) is 0.111. The third-order valence-electron chi connectivity index (χ3n) is 8.07. The summed E-state index contributed by atoms with van der Waals surface area (Å²) in [6.07, 6.45) is -2.83. The van der Waals surface area contributed by atoms with E-state index in [1.165, 1.54) is 13.2 Å². The highest BCUT2D eigenvalue weighted by molar-refractivity contribution is 6.74. The van der Waals surface area contributed by atoms with Crippen molar-refractivity contribution in [3.05, 3.63) is 46.5 Å². The molecule has 0 amide bonds. The molecule has 0 bridgehead atoms. The number of imidazole rings is 1. The summed E-state index contributed by atoms with van der Waals surface area (Å²) in [4.78, 5) is 18.8. The maximum atomic E-state index is 14.3. The van der Waals surface area contributed by atoms with Crippen LogP contribution in [0.4, 0.5) is 18.9 Å². The van der Waals surface area contributed by atoms with E-state index >= 15 is 0 Å². The number of nitrogens with zero attached hydrogens (tertiary/aromatic N) is 3. The van der Waals surface area contributed by atoms with Crippen molar-refractivity contribution in [1.82, 2.24) is 9.55 Å². The van der Waals surface area contributed by atoms with E-state index in [1.807, 2.05) is 25.7 Å². The van der Waals surface area contributed by atoms with Crippen LogP contribution in [-0.4, -0.2) is 50.1 Å². The van der Waals surface area contributed by atoms with Crippen molar-refractivity contribution in [2.75, 3.05) is 25.1 Å². The number of halogens is 3. The SMILES string of the molecule is COC(=O)c1nc(C(C)(C)C)n(Cc2ccc(N3CCC(O[Si](C)(C)C(C)(C)C)CC3)cc2C(F)(F)F)c1C. The van der Waals surface area contributed by atoms with E-state index in [0.29, 0.717) is 30.3 Å². The van der Waals surface area contributed by atoms with Crippen molar-refractivity contribution in [2.24, 2.45) is 0 Å². The maximum Gasteiger partial charge on any atom is 0.416 e. The molecule has 0 N–H and O–H groups in total. The van der Waals surface area contributed by atoms with Crippen molar-refractivity contribution in [1.29, 1.82) is 0 Å². The summed E-state index contributed by atoms with van der Waals surface area (Å²) in [6, 6.07) is 4.58. The molecule has 2 heterocycles.